The molecule has 1 aromatic carbocycles. The number of halogens is 1. The number of fused-ring (bicyclic) bond motifs is 2. The number of nitrogens with zero attached hydrogens (tertiary/aromatic N) is 2. The van der Waals surface area contributed by atoms with Crippen molar-refractivity contribution >= 4 is 22.5 Å². The summed E-state index contributed by atoms with van der Waals surface area (Å²) in [4.78, 5) is 16.9. The number of ether oxygens (including phenoxy) is 1. The number of hydrogen-bond donors (Lipinski definition) is 1. The summed E-state index contributed by atoms with van der Waals surface area (Å²) in [5, 5.41) is 10.6. The maximum absolute atomic E-state index is 12.5. The highest BCUT2D eigenvalue weighted by Gasteiger charge is 2.35. The number of para-hydroxylation sites is 1. The highest BCUT2D eigenvalue weighted by Crippen LogP contribution is 2.43. The molecule has 3 aromatic rings. The van der Waals surface area contributed by atoms with Gasteiger partial charge in [0.2, 0.25) is 5.88 Å². The second-order valence-corrected chi connectivity index (χ2v) is 6.27. The van der Waals surface area contributed by atoms with Crippen LogP contribution in [0.5, 0.6) is 5.75 Å². The van der Waals surface area contributed by atoms with Crippen LogP contribution >= 0.6 is 11.6 Å². The number of rotatable bonds is 1. The van der Waals surface area contributed by atoms with Crippen molar-refractivity contribution < 1.29 is 9.15 Å². The predicted octanol–water partition coefficient (Wildman–Crippen LogP) is 3.37. The molecule has 3 heterocycles. The van der Waals surface area contributed by atoms with Crippen molar-refractivity contribution in [2.75, 3.05) is 0 Å². The van der Waals surface area contributed by atoms with Crippen molar-refractivity contribution in [1.29, 1.82) is 5.26 Å². The summed E-state index contributed by atoms with van der Waals surface area (Å²) in [7, 11) is 0. The fraction of sp³-hybridized carbons (Fsp3) is 0.105. The highest BCUT2D eigenvalue weighted by atomic mass is 35.5. The first kappa shape index (κ1) is 16.2. The third-order valence-corrected chi connectivity index (χ3v) is 4.57. The normalized spacial score (nSPS) is 16.1. The van der Waals surface area contributed by atoms with E-state index in [1.165, 1.54) is 0 Å². The van der Waals surface area contributed by atoms with Gasteiger partial charge in [0.25, 0.3) is 0 Å². The summed E-state index contributed by atoms with van der Waals surface area (Å²) in [5.41, 5.74) is 6.80. The minimum Gasteiger partial charge on any atom is -0.440 e. The van der Waals surface area contributed by atoms with Gasteiger partial charge in [-0.05, 0) is 19.1 Å². The standard InChI is InChI=1S/C19H12ClN3O3/c1-9-6-14-16(19(24)25-9)15(12(8-21)18(22)26-14)11-7-10-4-2-3-5-13(10)23-17(11)20/h2-7,15H,22H2,1H3. The van der Waals surface area contributed by atoms with Gasteiger partial charge < -0.3 is 14.9 Å². The SMILES string of the molecule is Cc1cc2c(c(=O)o1)C(c1cc3ccccc3nc1Cl)C(C#N)=C(N)O2. The maximum atomic E-state index is 12.5. The second-order valence-electron chi connectivity index (χ2n) is 5.91. The summed E-state index contributed by atoms with van der Waals surface area (Å²) in [6.07, 6.45) is 0. The van der Waals surface area contributed by atoms with Gasteiger partial charge in [-0.15, -0.1) is 0 Å². The van der Waals surface area contributed by atoms with E-state index in [2.05, 4.69) is 4.98 Å². The molecule has 0 radical (unpaired) electrons. The molecule has 1 aliphatic rings. The van der Waals surface area contributed by atoms with Gasteiger partial charge in [0, 0.05) is 17.0 Å². The molecule has 0 saturated carbocycles. The second kappa shape index (κ2) is 5.90. The lowest BCUT2D eigenvalue weighted by atomic mass is 9.84. The molecule has 4 rings (SSSR count). The number of nitriles is 1. The van der Waals surface area contributed by atoms with Gasteiger partial charge >= 0.3 is 5.63 Å². The molecule has 6 nitrogen and oxygen atoms in total. The van der Waals surface area contributed by atoms with E-state index < -0.39 is 11.5 Å². The zero-order valence-corrected chi connectivity index (χ0v) is 14.4. The molecule has 0 spiro atoms. The molecule has 2 N–H and O–H groups in total. The predicted molar refractivity (Wildman–Crippen MR) is 95.8 cm³/mol. The first-order valence-electron chi connectivity index (χ1n) is 7.77. The lowest BCUT2D eigenvalue weighted by Crippen LogP contribution is -2.26. The molecule has 2 aromatic heterocycles. The molecule has 26 heavy (non-hydrogen) atoms. The van der Waals surface area contributed by atoms with Crippen LogP contribution in [0, 0.1) is 18.3 Å². The van der Waals surface area contributed by atoms with Crippen LogP contribution in [0.3, 0.4) is 0 Å². The van der Waals surface area contributed by atoms with Crippen molar-refractivity contribution in [3.63, 3.8) is 0 Å². The maximum Gasteiger partial charge on any atom is 0.343 e. The van der Waals surface area contributed by atoms with E-state index >= 15 is 0 Å². The highest BCUT2D eigenvalue weighted by molar-refractivity contribution is 6.30. The molecule has 0 bridgehead atoms. The number of aromatic nitrogens is 1. The minimum absolute atomic E-state index is 0.0702. The Kier molecular flexibility index (Phi) is 3.67. The van der Waals surface area contributed by atoms with E-state index in [4.69, 9.17) is 26.5 Å². The molecule has 128 valence electrons. The third-order valence-electron chi connectivity index (χ3n) is 4.27. The number of allylic oxidation sites excluding steroid dienone is 1. The topological polar surface area (TPSA) is 102 Å². The van der Waals surface area contributed by atoms with E-state index in [1.54, 1.807) is 19.1 Å². The first-order valence-corrected chi connectivity index (χ1v) is 8.15. The number of pyridine rings is 1. The Bertz CT molecular complexity index is 1190. The smallest absolute Gasteiger partial charge is 0.343 e. The fourth-order valence-electron chi connectivity index (χ4n) is 3.14. The summed E-state index contributed by atoms with van der Waals surface area (Å²) in [6, 6.07) is 12.8. The monoisotopic (exact) mass is 365 g/mol. The quantitative estimate of drug-likeness (QED) is 0.663. The molecule has 7 heteroatoms. The summed E-state index contributed by atoms with van der Waals surface area (Å²) >= 11 is 6.40. The van der Waals surface area contributed by atoms with Crippen molar-refractivity contribution in [1.82, 2.24) is 4.98 Å². The minimum atomic E-state index is -0.815. The van der Waals surface area contributed by atoms with Crippen molar-refractivity contribution in [3.8, 4) is 11.8 Å². The summed E-state index contributed by atoms with van der Waals surface area (Å²) in [6.45, 7) is 1.63. The Hall–Kier alpha value is -3.30. The molecule has 0 saturated heterocycles. The van der Waals surface area contributed by atoms with E-state index in [9.17, 15) is 10.1 Å². The molecule has 1 unspecified atom stereocenters. The fourth-order valence-corrected chi connectivity index (χ4v) is 3.39. The number of aryl methyl sites for hydroxylation is 1. The Morgan fingerprint density at radius 3 is 2.85 bits per heavy atom. The van der Waals surface area contributed by atoms with Gasteiger partial charge in [-0.1, -0.05) is 29.8 Å². The molecule has 0 fully saturated rings. The Morgan fingerprint density at radius 1 is 1.31 bits per heavy atom. The molecule has 0 aliphatic carbocycles. The van der Waals surface area contributed by atoms with E-state index in [0.29, 0.717) is 16.8 Å². The van der Waals surface area contributed by atoms with Gasteiger partial charge in [-0.3, -0.25) is 0 Å². The zero-order chi connectivity index (χ0) is 18.4. The number of nitrogens with two attached hydrogens (primary N) is 1. The van der Waals surface area contributed by atoms with Gasteiger partial charge in [-0.25, -0.2) is 9.78 Å². The Balaban J connectivity index is 2.06. The van der Waals surface area contributed by atoms with Crippen LogP contribution in [-0.4, -0.2) is 4.98 Å². The Labute approximate surface area is 153 Å². The molecule has 0 amide bonds. The average Bonchev–Trinajstić information content (AvgIpc) is 2.59. The van der Waals surface area contributed by atoms with E-state index in [0.717, 1.165) is 5.39 Å². The lowest BCUT2D eigenvalue weighted by molar-refractivity contribution is 0.371. The number of benzene rings is 1. The largest absolute Gasteiger partial charge is 0.440 e. The van der Waals surface area contributed by atoms with Gasteiger partial charge in [0.15, 0.2) is 0 Å². The average molecular weight is 366 g/mol. The van der Waals surface area contributed by atoms with Crippen molar-refractivity contribution in [2.45, 2.75) is 12.8 Å². The van der Waals surface area contributed by atoms with Gasteiger partial charge in [0.05, 0.1) is 17.0 Å². The third kappa shape index (κ3) is 2.41. The molecule has 1 atom stereocenters. The van der Waals surface area contributed by atoms with Gasteiger partial charge in [0.1, 0.15) is 28.3 Å². The van der Waals surface area contributed by atoms with E-state index in [1.807, 2.05) is 30.3 Å². The van der Waals surface area contributed by atoms with Gasteiger partial charge in [-0.2, -0.15) is 5.26 Å². The van der Waals surface area contributed by atoms with Crippen LogP contribution in [0.25, 0.3) is 10.9 Å². The summed E-state index contributed by atoms with van der Waals surface area (Å²) in [5.74, 6) is -0.252. The number of hydrogen-bond acceptors (Lipinski definition) is 6. The molecule has 1 aliphatic heterocycles. The van der Waals surface area contributed by atoms with Crippen molar-refractivity contribution in [2.24, 2.45) is 5.73 Å². The molecular formula is C19H12ClN3O3. The summed E-state index contributed by atoms with van der Waals surface area (Å²) < 4.78 is 10.7. The van der Waals surface area contributed by atoms with Crippen molar-refractivity contribution in [3.05, 3.63) is 80.3 Å². The Morgan fingerprint density at radius 2 is 2.08 bits per heavy atom. The molecular weight excluding hydrogens is 354 g/mol. The van der Waals surface area contributed by atoms with Crippen LogP contribution in [0.2, 0.25) is 5.15 Å². The lowest BCUT2D eigenvalue weighted by Gasteiger charge is -2.25. The van der Waals surface area contributed by atoms with E-state index in [-0.39, 0.29) is 27.9 Å². The first-order chi connectivity index (χ1) is 12.5. The van der Waals surface area contributed by atoms with Crippen LogP contribution in [-0.2, 0) is 0 Å². The van der Waals surface area contributed by atoms with Crippen LogP contribution in [0.15, 0.2) is 57.1 Å². The van der Waals surface area contributed by atoms with Crippen LogP contribution < -0.4 is 16.1 Å². The zero-order valence-electron chi connectivity index (χ0n) is 13.6. The van der Waals surface area contributed by atoms with Crippen LogP contribution in [0.1, 0.15) is 22.8 Å². The van der Waals surface area contributed by atoms with Crippen LogP contribution in [0.4, 0.5) is 0 Å².